The van der Waals surface area contributed by atoms with Gasteiger partial charge in [-0.1, -0.05) is 11.3 Å². The first-order valence-corrected chi connectivity index (χ1v) is 6.45. The number of hydrogen-bond donors (Lipinski definition) is 2. The second-order valence-corrected chi connectivity index (χ2v) is 4.97. The fourth-order valence-corrected chi connectivity index (χ4v) is 2.39. The summed E-state index contributed by atoms with van der Waals surface area (Å²) in [5.41, 5.74) is 0. The SMILES string of the molecule is O=C(O)CCc1nnc(NCC2CCCO2)s1. The number of carboxylic acid groups (broad SMARTS) is 1. The second kappa shape index (κ2) is 5.92. The molecule has 94 valence electrons. The Morgan fingerprint density at radius 3 is 3.18 bits per heavy atom. The summed E-state index contributed by atoms with van der Waals surface area (Å²) in [7, 11) is 0. The lowest BCUT2D eigenvalue weighted by molar-refractivity contribution is -0.136. The summed E-state index contributed by atoms with van der Waals surface area (Å²) in [5, 5.41) is 21.1. The van der Waals surface area contributed by atoms with Gasteiger partial charge >= 0.3 is 5.97 Å². The molecule has 0 saturated carbocycles. The number of aryl methyl sites for hydroxylation is 1. The van der Waals surface area contributed by atoms with E-state index in [0.29, 0.717) is 6.42 Å². The van der Waals surface area contributed by atoms with Crippen LogP contribution in [0.4, 0.5) is 5.13 Å². The number of aliphatic carboxylic acids is 1. The first-order valence-electron chi connectivity index (χ1n) is 5.63. The summed E-state index contributed by atoms with van der Waals surface area (Å²) in [6.07, 6.45) is 3.00. The largest absolute Gasteiger partial charge is 0.481 e. The van der Waals surface area contributed by atoms with E-state index in [1.54, 1.807) is 0 Å². The molecular formula is C10H15N3O3S. The summed E-state index contributed by atoms with van der Waals surface area (Å²) in [4.78, 5) is 10.4. The first kappa shape index (κ1) is 12.3. The molecule has 0 amide bonds. The third-order valence-corrected chi connectivity index (χ3v) is 3.47. The molecule has 1 aliphatic rings. The number of nitrogens with zero attached hydrogens (tertiary/aromatic N) is 2. The lowest BCUT2D eigenvalue weighted by atomic mass is 10.2. The molecule has 0 spiro atoms. The average molecular weight is 257 g/mol. The molecule has 2 rings (SSSR count). The van der Waals surface area contributed by atoms with Gasteiger partial charge in [-0.2, -0.15) is 0 Å². The van der Waals surface area contributed by atoms with Crippen molar-refractivity contribution < 1.29 is 14.6 Å². The van der Waals surface area contributed by atoms with E-state index in [4.69, 9.17) is 9.84 Å². The van der Waals surface area contributed by atoms with Gasteiger partial charge in [0, 0.05) is 19.6 Å². The molecule has 6 nitrogen and oxygen atoms in total. The second-order valence-electron chi connectivity index (χ2n) is 3.91. The Morgan fingerprint density at radius 1 is 1.59 bits per heavy atom. The molecule has 1 atom stereocenters. The summed E-state index contributed by atoms with van der Waals surface area (Å²) in [6, 6.07) is 0. The van der Waals surface area contributed by atoms with Gasteiger partial charge in [0.05, 0.1) is 12.5 Å². The topological polar surface area (TPSA) is 84.3 Å². The standard InChI is InChI=1S/C10H15N3O3S/c14-9(15)4-3-8-12-13-10(17-8)11-6-7-2-1-5-16-7/h7H,1-6H2,(H,11,13)(H,14,15). The number of aromatic nitrogens is 2. The number of carbonyl (C=O) groups is 1. The zero-order chi connectivity index (χ0) is 12.1. The maximum atomic E-state index is 10.4. The van der Waals surface area contributed by atoms with Crippen LogP contribution in [0.2, 0.25) is 0 Å². The molecule has 0 bridgehead atoms. The fourth-order valence-electron chi connectivity index (χ4n) is 1.65. The molecular weight excluding hydrogens is 242 g/mol. The van der Waals surface area contributed by atoms with E-state index in [1.165, 1.54) is 11.3 Å². The van der Waals surface area contributed by atoms with Gasteiger partial charge in [-0.05, 0) is 12.8 Å². The zero-order valence-electron chi connectivity index (χ0n) is 9.39. The van der Waals surface area contributed by atoms with Gasteiger partial charge in [-0.25, -0.2) is 0 Å². The van der Waals surface area contributed by atoms with Crippen LogP contribution in [0.1, 0.15) is 24.3 Å². The van der Waals surface area contributed by atoms with Crippen molar-refractivity contribution >= 4 is 22.4 Å². The third-order valence-electron chi connectivity index (χ3n) is 2.52. The van der Waals surface area contributed by atoms with Crippen LogP contribution in [0.5, 0.6) is 0 Å². The Hall–Kier alpha value is -1.21. The molecule has 2 N–H and O–H groups in total. The predicted octanol–water partition coefficient (Wildman–Crippen LogP) is 1.15. The van der Waals surface area contributed by atoms with Gasteiger partial charge in [-0.15, -0.1) is 10.2 Å². The molecule has 0 radical (unpaired) electrons. The molecule has 1 aromatic rings. The third kappa shape index (κ3) is 3.94. The van der Waals surface area contributed by atoms with Gasteiger partial charge in [0.1, 0.15) is 5.01 Å². The molecule has 1 fully saturated rings. The first-order chi connectivity index (χ1) is 8.24. The quantitative estimate of drug-likeness (QED) is 0.795. The highest BCUT2D eigenvalue weighted by atomic mass is 32.1. The van der Waals surface area contributed by atoms with Crippen molar-refractivity contribution in [3.05, 3.63) is 5.01 Å². The summed E-state index contributed by atoms with van der Waals surface area (Å²) in [5.74, 6) is -0.811. The van der Waals surface area contributed by atoms with Crippen LogP contribution < -0.4 is 5.32 Å². The predicted molar refractivity (Wildman–Crippen MR) is 63.3 cm³/mol. The normalized spacial score (nSPS) is 19.4. The number of hydrogen-bond acceptors (Lipinski definition) is 6. The Kier molecular flexibility index (Phi) is 4.27. The van der Waals surface area contributed by atoms with E-state index in [1.807, 2.05) is 0 Å². The zero-order valence-corrected chi connectivity index (χ0v) is 10.2. The Bertz CT molecular complexity index is 377. The molecule has 0 aliphatic carbocycles. The molecule has 1 aromatic heterocycles. The van der Waals surface area contributed by atoms with Gasteiger partial charge in [0.25, 0.3) is 0 Å². The molecule has 0 aromatic carbocycles. The van der Waals surface area contributed by atoms with Crippen molar-refractivity contribution in [3.63, 3.8) is 0 Å². The summed E-state index contributed by atoms with van der Waals surface area (Å²) >= 11 is 1.41. The van der Waals surface area contributed by atoms with Crippen molar-refractivity contribution in [2.75, 3.05) is 18.5 Å². The fraction of sp³-hybridized carbons (Fsp3) is 0.700. The molecule has 17 heavy (non-hydrogen) atoms. The number of anilines is 1. The van der Waals surface area contributed by atoms with Crippen LogP contribution in [0.25, 0.3) is 0 Å². The lowest BCUT2D eigenvalue weighted by Gasteiger charge is -2.08. The highest BCUT2D eigenvalue weighted by Crippen LogP contribution is 2.18. The average Bonchev–Trinajstić information content (AvgIpc) is 2.95. The molecule has 1 aliphatic heterocycles. The Morgan fingerprint density at radius 2 is 2.47 bits per heavy atom. The van der Waals surface area contributed by atoms with Crippen molar-refractivity contribution in [2.24, 2.45) is 0 Å². The van der Waals surface area contributed by atoms with E-state index in [9.17, 15) is 4.79 Å². The van der Waals surface area contributed by atoms with Gasteiger partial charge in [0.15, 0.2) is 0 Å². The minimum absolute atomic E-state index is 0.0976. The number of ether oxygens (including phenoxy) is 1. The number of carboxylic acids is 1. The maximum Gasteiger partial charge on any atom is 0.303 e. The maximum absolute atomic E-state index is 10.4. The number of nitrogens with one attached hydrogen (secondary N) is 1. The van der Waals surface area contributed by atoms with Gasteiger partial charge in [0.2, 0.25) is 5.13 Å². The smallest absolute Gasteiger partial charge is 0.303 e. The van der Waals surface area contributed by atoms with Crippen LogP contribution in [0, 0.1) is 0 Å². The van der Waals surface area contributed by atoms with Crippen LogP contribution >= 0.6 is 11.3 Å². The lowest BCUT2D eigenvalue weighted by Crippen LogP contribution is -2.18. The molecule has 1 saturated heterocycles. The van der Waals surface area contributed by atoms with Crippen molar-refractivity contribution in [1.29, 1.82) is 0 Å². The van der Waals surface area contributed by atoms with E-state index in [-0.39, 0.29) is 12.5 Å². The van der Waals surface area contributed by atoms with Gasteiger partial charge in [-0.3, -0.25) is 4.79 Å². The van der Waals surface area contributed by atoms with Crippen LogP contribution in [-0.2, 0) is 16.0 Å². The molecule has 2 heterocycles. The van der Waals surface area contributed by atoms with E-state index >= 15 is 0 Å². The van der Waals surface area contributed by atoms with Crippen LogP contribution in [0.15, 0.2) is 0 Å². The van der Waals surface area contributed by atoms with Crippen molar-refractivity contribution in [2.45, 2.75) is 31.8 Å². The monoisotopic (exact) mass is 257 g/mol. The minimum atomic E-state index is -0.811. The van der Waals surface area contributed by atoms with Crippen molar-refractivity contribution in [1.82, 2.24) is 10.2 Å². The summed E-state index contributed by atoms with van der Waals surface area (Å²) in [6.45, 7) is 1.58. The molecule has 7 heteroatoms. The minimum Gasteiger partial charge on any atom is -0.481 e. The Labute approximate surface area is 103 Å². The van der Waals surface area contributed by atoms with Crippen LogP contribution in [0.3, 0.4) is 0 Å². The summed E-state index contributed by atoms with van der Waals surface area (Å²) < 4.78 is 5.48. The van der Waals surface area contributed by atoms with E-state index in [2.05, 4.69) is 15.5 Å². The van der Waals surface area contributed by atoms with Crippen molar-refractivity contribution in [3.8, 4) is 0 Å². The number of rotatable bonds is 6. The molecule has 1 unspecified atom stereocenters. The Balaban J connectivity index is 1.75. The van der Waals surface area contributed by atoms with E-state index < -0.39 is 5.97 Å². The van der Waals surface area contributed by atoms with Gasteiger partial charge < -0.3 is 15.2 Å². The van der Waals surface area contributed by atoms with Crippen LogP contribution in [-0.4, -0.2) is 40.5 Å². The van der Waals surface area contributed by atoms with E-state index in [0.717, 1.165) is 36.1 Å². The highest BCUT2D eigenvalue weighted by molar-refractivity contribution is 7.15. The highest BCUT2D eigenvalue weighted by Gasteiger charge is 2.15.